The summed E-state index contributed by atoms with van der Waals surface area (Å²) in [6.07, 6.45) is 2.32. The number of hydrogen-bond acceptors (Lipinski definition) is 3. The molecule has 96 valence electrons. The highest BCUT2D eigenvalue weighted by molar-refractivity contribution is 7.86. The molecule has 0 amide bonds. The predicted molar refractivity (Wildman–Crippen MR) is 69.2 cm³/mol. The maximum atomic E-state index is 11.8. The fourth-order valence-corrected chi connectivity index (χ4v) is 2.67. The van der Waals surface area contributed by atoms with Crippen LogP contribution in [0.25, 0.3) is 0 Å². The molecule has 1 rings (SSSR count). The zero-order chi connectivity index (χ0) is 12.0. The fourth-order valence-electron chi connectivity index (χ4n) is 1.73. The lowest BCUT2D eigenvalue weighted by Crippen LogP contribution is -2.33. The van der Waals surface area contributed by atoms with Crippen LogP contribution in [0.15, 0.2) is 0 Å². The highest BCUT2D eigenvalue weighted by Gasteiger charge is 2.19. The Kier molecular flexibility index (Phi) is 5.94. The summed E-state index contributed by atoms with van der Waals surface area (Å²) in [4.78, 5) is 0. The van der Waals surface area contributed by atoms with Crippen LogP contribution in [-0.2, 0) is 15.5 Å². The van der Waals surface area contributed by atoms with Crippen LogP contribution in [0.4, 0.5) is 0 Å². The molecule has 0 saturated carbocycles. The molecule has 0 radical (unpaired) electrons. The second kappa shape index (κ2) is 6.72. The standard InChI is InChI=1S/C12H25NO2S/c1-12(2,3)16(14)9-6-13-10-11-4-7-15-8-5-11/h11,13H,4-10H2,1-3H3. The third kappa shape index (κ3) is 5.41. The molecule has 4 heteroatoms. The second-order valence-electron chi connectivity index (χ2n) is 5.42. The Morgan fingerprint density at radius 3 is 2.50 bits per heavy atom. The highest BCUT2D eigenvalue weighted by Crippen LogP contribution is 2.13. The summed E-state index contributed by atoms with van der Waals surface area (Å²) in [5, 5.41) is 3.41. The molecule has 0 aromatic rings. The summed E-state index contributed by atoms with van der Waals surface area (Å²) in [5.74, 6) is 1.50. The lowest BCUT2D eigenvalue weighted by molar-refractivity contribution is 0.0665. The first-order valence-corrected chi connectivity index (χ1v) is 7.49. The minimum atomic E-state index is -0.731. The molecule has 1 N–H and O–H groups in total. The molecule has 1 saturated heterocycles. The Balaban J connectivity index is 2.05. The van der Waals surface area contributed by atoms with Crippen LogP contribution < -0.4 is 5.32 Å². The first kappa shape index (κ1) is 14.1. The lowest BCUT2D eigenvalue weighted by Gasteiger charge is -2.23. The Hall–Kier alpha value is 0.0700. The van der Waals surface area contributed by atoms with Crippen LogP contribution in [0, 0.1) is 5.92 Å². The fraction of sp³-hybridized carbons (Fsp3) is 1.00. The molecule has 0 aromatic heterocycles. The van der Waals surface area contributed by atoms with E-state index in [-0.39, 0.29) is 4.75 Å². The average molecular weight is 247 g/mol. The topological polar surface area (TPSA) is 38.3 Å². The number of rotatable bonds is 5. The maximum absolute atomic E-state index is 11.8. The van der Waals surface area contributed by atoms with Gasteiger partial charge in [0.1, 0.15) is 0 Å². The third-order valence-electron chi connectivity index (χ3n) is 2.92. The van der Waals surface area contributed by atoms with Crippen LogP contribution in [0.1, 0.15) is 33.6 Å². The highest BCUT2D eigenvalue weighted by atomic mass is 32.2. The molecule has 1 aliphatic heterocycles. The van der Waals surface area contributed by atoms with Gasteiger partial charge in [-0.15, -0.1) is 0 Å². The van der Waals surface area contributed by atoms with Crippen molar-refractivity contribution in [2.45, 2.75) is 38.4 Å². The second-order valence-corrected chi connectivity index (χ2v) is 7.75. The van der Waals surface area contributed by atoms with Crippen LogP contribution in [0.2, 0.25) is 0 Å². The van der Waals surface area contributed by atoms with Crippen molar-refractivity contribution >= 4 is 10.8 Å². The third-order valence-corrected chi connectivity index (χ3v) is 4.86. The number of hydrogen-bond donors (Lipinski definition) is 1. The Morgan fingerprint density at radius 1 is 1.31 bits per heavy atom. The van der Waals surface area contributed by atoms with Gasteiger partial charge in [-0.25, -0.2) is 0 Å². The van der Waals surface area contributed by atoms with Crippen molar-refractivity contribution < 1.29 is 8.95 Å². The van der Waals surface area contributed by atoms with Crippen molar-refractivity contribution in [3.05, 3.63) is 0 Å². The van der Waals surface area contributed by atoms with Crippen molar-refractivity contribution in [3.8, 4) is 0 Å². The number of nitrogens with one attached hydrogen (secondary N) is 1. The monoisotopic (exact) mass is 247 g/mol. The van der Waals surface area contributed by atoms with Gasteiger partial charge in [-0.1, -0.05) is 0 Å². The molecular formula is C12H25NO2S. The van der Waals surface area contributed by atoms with E-state index in [9.17, 15) is 4.21 Å². The van der Waals surface area contributed by atoms with Crippen LogP contribution in [0.5, 0.6) is 0 Å². The SMILES string of the molecule is CC(C)(C)S(=O)CCNCC1CCOCC1. The maximum Gasteiger partial charge on any atom is 0.0469 e. The van der Waals surface area contributed by atoms with E-state index in [1.165, 1.54) is 0 Å². The lowest BCUT2D eigenvalue weighted by atomic mass is 10.0. The van der Waals surface area contributed by atoms with Crippen molar-refractivity contribution in [2.24, 2.45) is 5.92 Å². The van der Waals surface area contributed by atoms with Crippen LogP contribution in [0.3, 0.4) is 0 Å². The first-order chi connectivity index (χ1) is 7.50. The Bertz CT molecular complexity index is 220. The van der Waals surface area contributed by atoms with Gasteiger partial charge in [0.2, 0.25) is 0 Å². The van der Waals surface area contributed by atoms with Gasteiger partial charge in [-0.05, 0) is 46.1 Å². The van der Waals surface area contributed by atoms with Crippen molar-refractivity contribution in [3.63, 3.8) is 0 Å². The average Bonchev–Trinajstić information content (AvgIpc) is 2.24. The molecule has 1 aliphatic rings. The molecule has 0 aromatic carbocycles. The quantitative estimate of drug-likeness (QED) is 0.749. The van der Waals surface area contributed by atoms with E-state index >= 15 is 0 Å². The van der Waals surface area contributed by atoms with Gasteiger partial charge in [0.25, 0.3) is 0 Å². The Morgan fingerprint density at radius 2 is 1.94 bits per heavy atom. The summed E-state index contributed by atoms with van der Waals surface area (Å²) < 4.78 is 17.0. The van der Waals surface area contributed by atoms with E-state index in [0.717, 1.165) is 50.8 Å². The molecular weight excluding hydrogens is 222 g/mol. The molecule has 1 atom stereocenters. The molecule has 1 fully saturated rings. The van der Waals surface area contributed by atoms with E-state index in [0.29, 0.717) is 0 Å². The summed E-state index contributed by atoms with van der Waals surface area (Å²) in [6.45, 7) is 9.80. The van der Waals surface area contributed by atoms with Gasteiger partial charge < -0.3 is 10.1 Å². The number of ether oxygens (including phenoxy) is 1. The minimum Gasteiger partial charge on any atom is -0.381 e. The zero-order valence-electron chi connectivity index (χ0n) is 10.8. The largest absolute Gasteiger partial charge is 0.381 e. The van der Waals surface area contributed by atoms with Gasteiger partial charge in [0, 0.05) is 41.1 Å². The molecule has 1 heterocycles. The van der Waals surface area contributed by atoms with E-state index in [1.807, 2.05) is 20.8 Å². The van der Waals surface area contributed by atoms with Gasteiger partial charge in [-0.3, -0.25) is 4.21 Å². The van der Waals surface area contributed by atoms with E-state index in [4.69, 9.17) is 4.74 Å². The smallest absolute Gasteiger partial charge is 0.0469 e. The Labute approximate surface area is 102 Å². The summed E-state index contributed by atoms with van der Waals surface area (Å²) in [5.41, 5.74) is 0. The zero-order valence-corrected chi connectivity index (χ0v) is 11.6. The summed E-state index contributed by atoms with van der Waals surface area (Å²) in [7, 11) is -0.731. The van der Waals surface area contributed by atoms with Crippen molar-refractivity contribution in [2.75, 3.05) is 32.1 Å². The van der Waals surface area contributed by atoms with E-state index < -0.39 is 10.8 Å². The molecule has 0 bridgehead atoms. The molecule has 16 heavy (non-hydrogen) atoms. The van der Waals surface area contributed by atoms with Crippen LogP contribution >= 0.6 is 0 Å². The normalized spacial score (nSPS) is 20.9. The molecule has 0 aliphatic carbocycles. The van der Waals surface area contributed by atoms with Crippen LogP contribution in [-0.4, -0.2) is 41.0 Å². The van der Waals surface area contributed by atoms with E-state index in [2.05, 4.69) is 5.32 Å². The predicted octanol–water partition coefficient (Wildman–Crippen LogP) is 1.55. The van der Waals surface area contributed by atoms with Gasteiger partial charge in [-0.2, -0.15) is 0 Å². The van der Waals surface area contributed by atoms with E-state index in [1.54, 1.807) is 0 Å². The first-order valence-electron chi connectivity index (χ1n) is 6.17. The van der Waals surface area contributed by atoms with Gasteiger partial charge >= 0.3 is 0 Å². The van der Waals surface area contributed by atoms with Gasteiger partial charge in [0.15, 0.2) is 0 Å². The molecule has 0 spiro atoms. The molecule has 1 unspecified atom stereocenters. The van der Waals surface area contributed by atoms with Crippen molar-refractivity contribution in [1.82, 2.24) is 5.32 Å². The van der Waals surface area contributed by atoms with Crippen molar-refractivity contribution in [1.29, 1.82) is 0 Å². The summed E-state index contributed by atoms with van der Waals surface area (Å²) >= 11 is 0. The molecule has 3 nitrogen and oxygen atoms in total. The summed E-state index contributed by atoms with van der Waals surface area (Å²) in [6, 6.07) is 0. The minimum absolute atomic E-state index is 0.0830. The van der Waals surface area contributed by atoms with Gasteiger partial charge in [0.05, 0.1) is 0 Å².